The highest BCUT2D eigenvalue weighted by Crippen LogP contribution is 2.43. The molecule has 0 bridgehead atoms. The molecule has 15 heavy (non-hydrogen) atoms. The van der Waals surface area contributed by atoms with Crippen molar-refractivity contribution in [1.82, 2.24) is 4.98 Å². The molecule has 0 unspecified atom stereocenters. The maximum absolute atomic E-state index is 13.4. The topological polar surface area (TPSA) is 76.2 Å². The summed E-state index contributed by atoms with van der Waals surface area (Å²) < 4.78 is 13.4. The number of hydrogen-bond acceptors (Lipinski definition) is 3. The van der Waals surface area contributed by atoms with Crippen molar-refractivity contribution in [2.75, 3.05) is 0 Å². The largest absolute Gasteiger partial charge is 0.481 e. The van der Waals surface area contributed by atoms with Crippen LogP contribution in [-0.4, -0.2) is 22.1 Å². The van der Waals surface area contributed by atoms with Crippen molar-refractivity contribution in [3.8, 4) is 0 Å². The number of pyridine rings is 1. The number of rotatable bonds is 2. The molecule has 0 atom stereocenters. The van der Waals surface area contributed by atoms with E-state index in [4.69, 9.17) is 10.8 Å². The number of hydrogen-bond donors (Lipinski definition) is 2. The molecule has 1 aromatic heterocycles. The Balaban J connectivity index is 2.43. The third-order valence-electron chi connectivity index (χ3n) is 2.92. The summed E-state index contributed by atoms with van der Waals surface area (Å²) in [5, 5.41) is 9.14. The second-order valence-electron chi connectivity index (χ2n) is 3.91. The van der Waals surface area contributed by atoms with Gasteiger partial charge in [-0.3, -0.25) is 9.78 Å². The van der Waals surface area contributed by atoms with Crippen molar-refractivity contribution in [3.05, 3.63) is 29.8 Å². The predicted molar refractivity (Wildman–Crippen MR) is 50.7 cm³/mol. The van der Waals surface area contributed by atoms with Crippen LogP contribution in [0.3, 0.4) is 0 Å². The van der Waals surface area contributed by atoms with E-state index in [0.717, 1.165) is 6.20 Å². The minimum absolute atomic E-state index is 0.159. The maximum Gasteiger partial charge on any atom is 0.314 e. The van der Waals surface area contributed by atoms with Gasteiger partial charge in [0.1, 0.15) is 5.82 Å². The molecular formula is C10H11FN2O2. The molecule has 0 saturated heterocycles. The number of carboxylic acid groups (broad SMARTS) is 1. The van der Waals surface area contributed by atoms with Crippen molar-refractivity contribution < 1.29 is 14.3 Å². The van der Waals surface area contributed by atoms with Crippen LogP contribution in [0.4, 0.5) is 4.39 Å². The molecule has 80 valence electrons. The van der Waals surface area contributed by atoms with Crippen LogP contribution in [-0.2, 0) is 10.2 Å². The quantitative estimate of drug-likeness (QED) is 0.752. The molecule has 4 nitrogen and oxygen atoms in total. The Bertz CT molecular complexity index is 402. The van der Waals surface area contributed by atoms with Gasteiger partial charge >= 0.3 is 5.97 Å². The average Bonchev–Trinajstić information content (AvgIpc) is 2.13. The second-order valence-corrected chi connectivity index (χ2v) is 3.91. The first-order valence-electron chi connectivity index (χ1n) is 4.65. The number of aromatic nitrogens is 1. The fourth-order valence-electron chi connectivity index (χ4n) is 2.11. The Morgan fingerprint density at radius 2 is 2.33 bits per heavy atom. The van der Waals surface area contributed by atoms with Crippen molar-refractivity contribution in [1.29, 1.82) is 0 Å². The number of halogens is 1. The van der Waals surface area contributed by atoms with Crippen LogP contribution in [0.25, 0.3) is 0 Å². The molecular weight excluding hydrogens is 199 g/mol. The van der Waals surface area contributed by atoms with E-state index in [1.807, 2.05) is 0 Å². The summed E-state index contributed by atoms with van der Waals surface area (Å²) >= 11 is 0. The Morgan fingerprint density at radius 3 is 2.80 bits per heavy atom. The number of nitrogens with two attached hydrogens (primary N) is 1. The Hall–Kier alpha value is -1.49. The molecule has 1 aliphatic rings. The van der Waals surface area contributed by atoms with Crippen LogP contribution in [0, 0.1) is 5.82 Å². The smallest absolute Gasteiger partial charge is 0.314 e. The van der Waals surface area contributed by atoms with E-state index in [-0.39, 0.29) is 24.4 Å². The monoisotopic (exact) mass is 210 g/mol. The Labute approximate surface area is 85.9 Å². The Kier molecular flexibility index (Phi) is 2.19. The molecule has 1 aliphatic carbocycles. The van der Waals surface area contributed by atoms with E-state index in [1.54, 1.807) is 0 Å². The third-order valence-corrected chi connectivity index (χ3v) is 2.92. The summed E-state index contributed by atoms with van der Waals surface area (Å²) in [4.78, 5) is 14.8. The first kappa shape index (κ1) is 10.0. The lowest BCUT2D eigenvalue weighted by Crippen LogP contribution is -2.54. The molecule has 0 aromatic carbocycles. The molecule has 5 heteroatoms. The summed E-state index contributed by atoms with van der Waals surface area (Å²) in [7, 11) is 0. The van der Waals surface area contributed by atoms with E-state index in [9.17, 15) is 9.18 Å². The summed E-state index contributed by atoms with van der Waals surface area (Å²) in [6, 6.07) is 1.25. The van der Waals surface area contributed by atoms with Crippen molar-refractivity contribution >= 4 is 5.97 Å². The van der Waals surface area contributed by atoms with E-state index in [2.05, 4.69) is 4.98 Å². The number of nitrogens with zero attached hydrogens (tertiary/aromatic N) is 1. The minimum Gasteiger partial charge on any atom is -0.481 e. The van der Waals surface area contributed by atoms with Gasteiger partial charge in [-0.25, -0.2) is 4.39 Å². The molecule has 0 amide bonds. The minimum atomic E-state index is -1.15. The highest BCUT2D eigenvalue weighted by Gasteiger charge is 2.51. The molecule has 2 rings (SSSR count). The average molecular weight is 210 g/mol. The van der Waals surface area contributed by atoms with Gasteiger partial charge in [-0.05, 0) is 18.9 Å². The molecule has 1 heterocycles. The van der Waals surface area contributed by atoms with Crippen LogP contribution in [0.5, 0.6) is 0 Å². The molecule has 1 saturated carbocycles. The molecule has 3 N–H and O–H groups in total. The zero-order chi connectivity index (χ0) is 11.1. The second kappa shape index (κ2) is 3.27. The molecule has 1 fully saturated rings. The molecule has 0 radical (unpaired) electrons. The van der Waals surface area contributed by atoms with Crippen LogP contribution < -0.4 is 5.73 Å². The SMILES string of the molecule is NC1CC(C(=O)O)(c2ccncc2F)C1. The van der Waals surface area contributed by atoms with Crippen molar-refractivity contribution in [3.63, 3.8) is 0 Å². The van der Waals surface area contributed by atoms with E-state index in [0.29, 0.717) is 0 Å². The zero-order valence-corrected chi connectivity index (χ0v) is 7.98. The van der Waals surface area contributed by atoms with Crippen LogP contribution in [0.15, 0.2) is 18.5 Å². The lowest BCUT2D eigenvalue weighted by Gasteiger charge is -2.42. The van der Waals surface area contributed by atoms with Gasteiger partial charge in [0, 0.05) is 17.8 Å². The van der Waals surface area contributed by atoms with Gasteiger partial charge in [-0.2, -0.15) is 0 Å². The van der Waals surface area contributed by atoms with Crippen LogP contribution in [0.1, 0.15) is 18.4 Å². The fourth-order valence-corrected chi connectivity index (χ4v) is 2.11. The van der Waals surface area contributed by atoms with Crippen molar-refractivity contribution in [2.24, 2.45) is 5.73 Å². The zero-order valence-electron chi connectivity index (χ0n) is 7.98. The van der Waals surface area contributed by atoms with Gasteiger partial charge in [0.05, 0.1) is 11.6 Å². The van der Waals surface area contributed by atoms with E-state index < -0.39 is 17.2 Å². The van der Waals surface area contributed by atoms with Gasteiger partial charge in [0.25, 0.3) is 0 Å². The third kappa shape index (κ3) is 1.39. The van der Waals surface area contributed by atoms with E-state index in [1.165, 1.54) is 12.3 Å². The molecule has 0 aliphatic heterocycles. The number of carbonyl (C=O) groups is 1. The first-order valence-corrected chi connectivity index (χ1v) is 4.65. The lowest BCUT2D eigenvalue weighted by molar-refractivity contribution is -0.148. The molecule has 1 aromatic rings. The Morgan fingerprint density at radius 1 is 1.67 bits per heavy atom. The predicted octanol–water partition coefficient (Wildman–Crippen LogP) is 0.664. The maximum atomic E-state index is 13.4. The number of carboxylic acids is 1. The summed E-state index contributed by atoms with van der Waals surface area (Å²) in [6.45, 7) is 0. The summed E-state index contributed by atoms with van der Waals surface area (Å²) in [5.41, 5.74) is 4.62. The molecule has 0 spiro atoms. The van der Waals surface area contributed by atoms with Crippen molar-refractivity contribution in [2.45, 2.75) is 24.3 Å². The fraction of sp³-hybridized carbons (Fsp3) is 0.400. The van der Waals surface area contributed by atoms with Crippen LogP contribution >= 0.6 is 0 Å². The van der Waals surface area contributed by atoms with E-state index >= 15 is 0 Å². The van der Waals surface area contributed by atoms with Gasteiger partial charge < -0.3 is 10.8 Å². The number of aliphatic carboxylic acids is 1. The first-order chi connectivity index (χ1) is 7.06. The highest BCUT2D eigenvalue weighted by atomic mass is 19.1. The highest BCUT2D eigenvalue weighted by molar-refractivity contribution is 5.83. The van der Waals surface area contributed by atoms with Gasteiger partial charge in [-0.1, -0.05) is 0 Å². The normalized spacial score (nSPS) is 29.6. The standard InChI is InChI=1S/C10H11FN2O2/c11-8-5-13-2-1-7(8)10(9(14)15)3-6(12)4-10/h1-2,5-6H,3-4,12H2,(H,14,15). The van der Waals surface area contributed by atoms with Gasteiger partial charge in [0.2, 0.25) is 0 Å². The summed E-state index contributed by atoms with van der Waals surface area (Å²) in [5.74, 6) is -1.60. The lowest BCUT2D eigenvalue weighted by atomic mass is 9.62. The van der Waals surface area contributed by atoms with Crippen LogP contribution in [0.2, 0.25) is 0 Å². The van der Waals surface area contributed by atoms with Gasteiger partial charge in [-0.15, -0.1) is 0 Å². The summed E-state index contributed by atoms with van der Waals surface area (Å²) in [6.07, 6.45) is 2.99. The van der Waals surface area contributed by atoms with Gasteiger partial charge in [0.15, 0.2) is 0 Å².